The van der Waals surface area contributed by atoms with Crippen LogP contribution >= 0.6 is 34.8 Å². The van der Waals surface area contributed by atoms with E-state index in [0.717, 1.165) is 29.2 Å². The van der Waals surface area contributed by atoms with Gasteiger partial charge in [-0.1, -0.05) is 23.6 Å². The van der Waals surface area contributed by atoms with Crippen molar-refractivity contribution in [2.24, 2.45) is 5.92 Å². The Balaban J connectivity index is 1.55. The first-order valence-corrected chi connectivity index (χ1v) is 14.0. The molecule has 1 aliphatic rings. The number of nitrogens with zero attached hydrogens (tertiary/aromatic N) is 1. The molecule has 45 heavy (non-hydrogen) atoms. The number of carbonyl (C=O) groups excluding carboxylic acids is 3. The molecule has 1 aliphatic carbocycles. The topological polar surface area (TPSA) is 78.5 Å². The van der Waals surface area contributed by atoms with E-state index in [2.05, 4.69) is 16.6 Å². The van der Waals surface area contributed by atoms with Gasteiger partial charge in [-0.3, -0.25) is 14.4 Å². The normalized spacial score (nSPS) is 16.8. The van der Waals surface area contributed by atoms with Gasteiger partial charge in [-0.05, 0) is 55.0 Å². The molecule has 0 bridgehead atoms. The van der Waals surface area contributed by atoms with E-state index in [0.29, 0.717) is 12.1 Å². The van der Waals surface area contributed by atoms with E-state index in [9.17, 15) is 36.3 Å². The Morgan fingerprint density at radius 1 is 1.00 bits per heavy atom. The van der Waals surface area contributed by atoms with Gasteiger partial charge in [0.1, 0.15) is 21.7 Å². The lowest BCUT2D eigenvalue weighted by atomic mass is 10.0. The Labute approximate surface area is 267 Å². The van der Waals surface area contributed by atoms with E-state index in [1.807, 2.05) is 0 Å². The first kappa shape index (κ1) is 34.0. The number of benzene rings is 3. The third kappa shape index (κ3) is 6.85. The highest BCUT2D eigenvalue weighted by atomic mass is 35.5. The Hall–Kier alpha value is -3.92. The van der Waals surface area contributed by atoms with Gasteiger partial charge in [-0.25, -0.2) is 13.2 Å². The number of amides is 3. The van der Waals surface area contributed by atoms with E-state index in [1.165, 1.54) is 19.1 Å². The molecule has 0 heterocycles. The summed E-state index contributed by atoms with van der Waals surface area (Å²) in [5.41, 5.74) is -3.17. The maximum absolute atomic E-state index is 15.4. The molecule has 2 N–H and O–H groups in total. The van der Waals surface area contributed by atoms with Gasteiger partial charge in [0.05, 0.1) is 34.2 Å². The van der Waals surface area contributed by atoms with Crippen molar-refractivity contribution in [2.75, 3.05) is 22.1 Å². The van der Waals surface area contributed by atoms with Crippen LogP contribution in [0.3, 0.4) is 0 Å². The molecule has 0 unspecified atom stereocenters. The fourth-order valence-electron chi connectivity index (χ4n) is 4.73. The van der Waals surface area contributed by atoms with Crippen molar-refractivity contribution < 1.29 is 40.7 Å². The summed E-state index contributed by atoms with van der Waals surface area (Å²) in [5.74, 6) is -6.69. The molecule has 15 heteroatoms. The smallest absolute Gasteiger partial charge is 0.326 e. The second-order valence-corrected chi connectivity index (χ2v) is 11.6. The molecule has 3 aromatic rings. The van der Waals surface area contributed by atoms with Crippen molar-refractivity contribution in [3.8, 4) is 12.3 Å². The van der Waals surface area contributed by atoms with E-state index in [1.54, 1.807) is 0 Å². The number of rotatable bonds is 8. The van der Waals surface area contributed by atoms with E-state index in [4.69, 9.17) is 41.2 Å². The fourth-order valence-corrected chi connectivity index (χ4v) is 5.77. The highest BCUT2D eigenvalue weighted by Crippen LogP contribution is 2.65. The average Bonchev–Trinajstić information content (AvgIpc) is 3.54. The minimum atomic E-state index is -5.00. The van der Waals surface area contributed by atoms with Gasteiger partial charge >= 0.3 is 6.18 Å². The summed E-state index contributed by atoms with van der Waals surface area (Å²) in [6.07, 6.45) is -0.283. The summed E-state index contributed by atoms with van der Waals surface area (Å²) >= 11 is 18.6. The van der Waals surface area contributed by atoms with E-state index in [-0.39, 0.29) is 28.4 Å². The Morgan fingerprint density at radius 2 is 1.67 bits per heavy atom. The number of anilines is 3. The lowest BCUT2D eigenvalue weighted by Gasteiger charge is -2.22. The second-order valence-electron chi connectivity index (χ2n) is 9.78. The van der Waals surface area contributed by atoms with Gasteiger partial charge < -0.3 is 15.5 Å². The molecule has 3 amide bonds. The summed E-state index contributed by atoms with van der Waals surface area (Å²) in [6.45, 7) is 1.34. The summed E-state index contributed by atoms with van der Waals surface area (Å²) in [7, 11) is 0. The lowest BCUT2D eigenvalue weighted by molar-refractivity contribution is -0.140. The molecule has 4 rings (SSSR count). The van der Waals surface area contributed by atoms with Gasteiger partial charge in [0.15, 0.2) is 5.82 Å². The zero-order chi connectivity index (χ0) is 33.4. The standard InChI is InChI=1S/C30H20Cl3F6N3O3/c1-3-5-22(43)42(4-2)26-20(35)10-11-21(25(26)36)41-27(44)16-13-15(7-8-18(16)31)40-28(45)24-23(29(24,32)33)14-6-9-19(34)17(12-14)30(37,38)39/h1,6-13,23-24H,4-5H2,2H3,(H,40,45)(H,41,44)/t23-,24+/m0/s1. The van der Waals surface area contributed by atoms with Crippen LogP contribution in [0.4, 0.5) is 43.4 Å². The first-order chi connectivity index (χ1) is 21.0. The maximum Gasteiger partial charge on any atom is 0.419 e. The van der Waals surface area contributed by atoms with Crippen molar-refractivity contribution >= 4 is 69.6 Å². The van der Waals surface area contributed by atoms with Crippen LogP contribution in [0.15, 0.2) is 48.5 Å². The summed E-state index contributed by atoms with van der Waals surface area (Å²) in [6, 6.07) is 7.58. The molecular weight excluding hydrogens is 671 g/mol. The van der Waals surface area contributed by atoms with Gasteiger partial charge in [0.25, 0.3) is 5.91 Å². The number of alkyl halides is 5. The lowest BCUT2D eigenvalue weighted by Crippen LogP contribution is -2.32. The number of hydrogen-bond acceptors (Lipinski definition) is 3. The van der Waals surface area contributed by atoms with E-state index < -0.39 is 80.9 Å². The Bertz CT molecular complexity index is 1740. The molecule has 0 aliphatic heterocycles. The second kappa shape index (κ2) is 12.8. The number of nitrogens with one attached hydrogen (secondary N) is 2. The predicted octanol–water partition coefficient (Wildman–Crippen LogP) is 7.93. The Kier molecular flexibility index (Phi) is 9.68. The summed E-state index contributed by atoms with van der Waals surface area (Å²) in [5, 5.41) is 4.56. The first-order valence-electron chi connectivity index (χ1n) is 12.9. The Morgan fingerprint density at radius 3 is 2.29 bits per heavy atom. The monoisotopic (exact) mass is 689 g/mol. The minimum absolute atomic E-state index is 0.0169. The quantitative estimate of drug-likeness (QED) is 0.143. The molecule has 1 fully saturated rings. The fraction of sp³-hybridized carbons (Fsp3) is 0.233. The molecule has 1 saturated carbocycles. The van der Waals surface area contributed by atoms with Gasteiger partial charge in [0.2, 0.25) is 11.8 Å². The van der Waals surface area contributed by atoms with Crippen molar-refractivity contribution in [1.82, 2.24) is 0 Å². The molecular formula is C30H20Cl3F6N3O3. The van der Waals surface area contributed by atoms with Gasteiger partial charge in [-0.15, -0.1) is 29.6 Å². The van der Waals surface area contributed by atoms with Crippen LogP contribution in [-0.4, -0.2) is 28.6 Å². The summed E-state index contributed by atoms with van der Waals surface area (Å²) < 4.78 is 81.5. The molecule has 6 nitrogen and oxygen atoms in total. The largest absolute Gasteiger partial charge is 0.419 e. The van der Waals surface area contributed by atoms with Crippen molar-refractivity contribution in [3.05, 3.63) is 87.7 Å². The van der Waals surface area contributed by atoms with Crippen LogP contribution in [-0.2, 0) is 15.8 Å². The van der Waals surface area contributed by atoms with Crippen LogP contribution in [0.5, 0.6) is 0 Å². The summed E-state index contributed by atoms with van der Waals surface area (Å²) in [4.78, 5) is 39.2. The number of terminal acetylenes is 1. The molecule has 236 valence electrons. The zero-order valence-corrected chi connectivity index (χ0v) is 25.1. The van der Waals surface area contributed by atoms with Crippen molar-refractivity contribution in [2.45, 2.75) is 29.8 Å². The zero-order valence-electron chi connectivity index (χ0n) is 22.8. The van der Waals surface area contributed by atoms with Crippen LogP contribution < -0.4 is 15.5 Å². The van der Waals surface area contributed by atoms with Crippen molar-refractivity contribution in [3.63, 3.8) is 0 Å². The maximum atomic E-state index is 15.4. The van der Waals surface area contributed by atoms with Crippen LogP contribution in [0.2, 0.25) is 5.02 Å². The van der Waals surface area contributed by atoms with Crippen LogP contribution in [0.25, 0.3) is 0 Å². The SMILES string of the molecule is C#CCC(=O)N(CC)c1c(F)ccc(NC(=O)c2cc(NC(=O)[C@H]3[C@H](c4ccc(F)c(C(F)(F)F)c4)C3(Cl)Cl)ccc2Cl)c1F. The highest BCUT2D eigenvalue weighted by Gasteiger charge is 2.67. The third-order valence-corrected chi connectivity index (χ3v) is 8.20. The minimum Gasteiger partial charge on any atom is -0.326 e. The average molecular weight is 691 g/mol. The van der Waals surface area contributed by atoms with Crippen molar-refractivity contribution in [1.29, 1.82) is 0 Å². The molecule has 0 saturated heterocycles. The van der Waals surface area contributed by atoms with Crippen LogP contribution in [0.1, 0.15) is 40.7 Å². The number of hydrogen-bond donors (Lipinski definition) is 2. The molecule has 3 aromatic carbocycles. The third-order valence-electron chi connectivity index (χ3n) is 6.93. The number of halogens is 9. The van der Waals surface area contributed by atoms with Gasteiger partial charge in [-0.2, -0.15) is 13.2 Å². The molecule has 0 aromatic heterocycles. The molecule has 2 atom stereocenters. The van der Waals surface area contributed by atoms with Gasteiger partial charge in [0, 0.05) is 18.2 Å². The molecule has 0 radical (unpaired) electrons. The van der Waals surface area contributed by atoms with E-state index >= 15 is 4.39 Å². The number of carbonyl (C=O) groups is 3. The van der Waals surface area contributed by atoms with Crippen LogP contribution in [0, 0.1) is 35.7 Å². The predicted molar refractivity (Wildman–Crippen MR) is 158 cm³/mol. The molecule has 0 spiro atoms. The highest BCUT2D eigenvalue weighted by molar-refractivity contribution is 6.53.